The molecule has 16 heavy (non-hydrogen) atoms. The zero-order chi connectivity index (χ0) is 11.8. The van der Waals surface area contributed by atoms with Crippen LogP contribution in [-0.2, 0) is 12.8 Å². The summed E-state index contributed by atoms with van der Waals surface area (Å²) >= 11 is 0. The Morgan fingerprint density at radius 2 is 1.69 bits per heavy atom. The van der Waals surface area contributed by atoms with E-state index in [0.29, 0.717) is 0 Å². The minimum Gasteiger partial charge on any atom is -0.316 e. The van der Waals surface area contributed by atoms with E-state index < -0.39 is 12.2 Å². The molecule has 0 saturated carbocycles. The van der Waals surface area contributed by atoms with Crippen molar-refractivity contribution >= 4 is 0 Å². The zero-order valence-corrected chi connectivity index (χ0v) is 8.85. The molecule has 0 aromatic heterocycles. The van der Waals surface area contributed by atoms with Gasteiger partial charge in [0, 0.05) is 0 Å². The first kappa shape index (κ1) is 11.5. The second-order valence-corrected chi connectivity index (χ2v) is 4.25. The van der Waals surface area contributed by atoms with E-state index in [1.165, 1.54) is 11.6 Å². The van der Waals surface area contributed by atoms with Gasteiger partial charge >= 0.3 is 6.18 Å². The highest BCUT2D eigenvalue weighted by Crippen LogP contribution is 2.32. The number of nitrogens with two attached hydrogens (primary N) is 1. The molecule has 1 aromatic carbocycles. The van der Waals surface area contributed by atoms with Crippen LogP contribution >= 0.6 is 0 Å². The number of halogens is 3. The molecule has 2 rings (SSSR count). The van der Waals surface area contributed by atoms with Crippen LogP contribution in [0.3, 0.4) is 0 Å². The van der Waals surface area contributed by atoms with Gasteiger partial charge in [0.1, 0.15) is 6.04 Å². The third kappa shape index (κ3) is 2.21. The number of alkyl halides is 3. The van der Waals surface area contributed by atoms with Gasteiger partial charge in [0.25, 0.3) is 0 Å². The summed E-state index contributed by atoms with van der Waals surface area (Å²) in [7, 11) is 0. The first-order valence-electron chi connectivity index (χ1n) is 5.42. The highest BCUT2D eigenvalue weighted by atomic mass is 19.4. The summed E-state index contributed by atoms with van der Waals surface area (Å²) in [6.45, 7) is 0. The number of benzene rings is 1. The van der Waals surface area contributed by atoms with Gasteiger partial charge in [0.05, 0.1) is 0 Å². The van der Waals surface area contributed by atoms with Gasteiger partial charge in [-0.2, -0.15) is 13.2 Å². The van der Waals surface area contributed by atoms with Crippen LogP contribution in [0.5, 0.6) is 0 Å². The van der Waals surface area contributed by atoms with Crippen LogP contribution < -0.4 is 5.73 Å². The molecule has 0 bridgehead atoms. The smallest absolute Gasteiger partial charge is 0.316 e. The Bertz CT molecular complexity index is 384. The fraction of sp³-hybridized carbons (Fsp3) is 0.500. The Morgan fingerprint density at radius 1 is 1.06 bits per heavy atom. The normalized spacial score (nSPS) is 18.0. The quantitative estimate of drug-likeness (QED) is 0.786. The van der Waals surface area contributed by atoms with E-state index in [9.17, 15) is 13.2 Å². The van der Waals surface area contributed by atoms with E-state index in [0.717, 1.165) is 31.2 Å². The minimum atomic E-state index is -4.36. The van der Waals surface area contributed by atoms with E-state index in [2.05, 4.69) is 0 Å². The largest absolute Gasteiger partial charge is 0.407 e. The molecule has 0 aliphatic heterocycles. The topological polar surface area (TPSA) is 26.0 Å². The van der Waals surface area contributed by atoms with Gasteiger partial charge in [-0.15, -0.1) is 0 Å². The molecular formula is C12H14F3N. The molecular weight excluding hydrogens is 215 g/mol. The Morgan fingerprint density at radius 3 is 2.31 bits per heavy atom. The average molecular weight is 229 g/mol. The van der Waals surface area contributed by atoms with Gasteiger partial charge < -0.3 is 5.73 Å². The van der Waals surface area contributed by atoms with Crippen LogP contribution in [0, 0.1) is 0 Å². The van der Waals surface area contributed by atoms with Crippen LogP contribution in [0.25, 0.3) is 0 Å². The van der Waals surface area contributed by atoms with Crippen LogP contribution in [0.15, 0.2) is 18.2 Å². The Balaban J connectivity index is 2.30. The number of hydrogen-bond donors (Lipinski definition) is 1. The summed E-state index contributed by atoms with van der Waals surface area (Å²) in [4.78, 5) is 0. The molecule has 1 nitrogen and oxygen atoms in total. The molecule has 1 aliphatic carbocycles. The second-order valence-electron chi connectivity index (χ2n) is 4.25. The number of rotatable bonds is 1. The summed E-state index contributed by atoms with van der Waals surface area (Å²) in [5, 5.41) is 0. The first-order valence-corrected chi connectivity index (χ1v) is 5.42. The molecule has 0 radical (unpaired) electrons. The predicted octanol–water partition coefficient (Wildman–Crippen LogP) is 3.13. The summed E-state index contributed by atoms with van der Waals surface area (Å²) in [6.07, 6.45) is -0.344. The standard InChI is InChI=1S/C12H14F3N/c13-12(14,15)11(16)10-6-5-8-3-1-2-4-9(8)7-10/h5-7,11H,1-4,16H2/t11-/m0/s1. The van der Waals surface area contributed by atoms with Crippen molar-refractivity contribution < 1.29 is 13.2 Å². The third-order valence-corrected chi connectivity index (χ3v) is 3.08. The lowest BCUT2D eigenvalue weighted by Crippen LogP contribution is -2.28. The van der Waals surface area contributed by atoms with E-state index in [-0.39, 0.29) is 5.56 Å². The molecule has 1 aliphatic rings. The lowest BCUT2D eigenvalue weighted by molar-refractivity contribution is -0.149. The zero-order valence-electron chi connectivity index (χ0n) is 8.85. The molecule has 88 valence electrons. The second kappa shape index (κ2) is 4.09. The highest BCUT2D eigenvalue weighted by Gasteiger charge is 2.37. The van der Waals surface area contributed by atoms with Crippen molar-refractivity contribution in [2.75, 3.05) is 0 Å². The van der Waals surface area contributed by atoms with Crippen molar-refractivity contribution in [3.8, 4) is 0 Å². The number of fused-ring (bicyclic) bond motifs is 1. The van der Waals surface area contributed by atoms with Crippen molar-refractivity contribution in [1.82, 2.24) is 0 Å². The van der Waals surface area contributed by atoms with Crippen molar-refractivity contribution in [2.45, 2.75) is 37.9 Å². The van der Waals surface area contributed by atoms with E-state index >= 15 is 0 Å². The summed E-state index contributed by atoms with van der Waals surface area (Å²) in [5.41, 5.74) is 7.56. The van der Waals surface area contributed by atoms with Crippen molar-refractivity contribution in [3.63, 3.8) is 0 Å². The van der Waals surface area contributed by atoms with Crippen LogP contribution in [0.1, 0.15) is 35.6 Å². The number of hydrogen-bond acceptors (Lipinski definition) is 1. The Hall–Kier alpha value is -1.03. The fourth-order valence-corrected chi connectivity index (χ4v) is 2.14. The lowest BCUT2D eigenvalue weighted by Gasteiger charge is -2.20. The molecule has 1 atom stereocenters. The third-order valence-electron chi connectivity index (χ3n) is 3.08. The van der Waals surface area contributed by atoms with Gasteiger partial charge in [-0.1, -0.05) is 18.2 Å². The minimum absolute atomic E-state index is 0.174. The molecule has 0 amide bonds. The van der Waals surface area contributed by atoms with Crippen LogP contribution in [0.2, 0.25) is 0 Å². The van der Waals surface area contributed by atoms with Crippen molar-refractivity contribution in [1.29, 1.82) is 0 Å². The van der Waals surface area contributed by atoms with Gasteiger partial charge in [-0.25, -0.2) is 0 Å². The molecule has 4 heteroatoms. The lowest BCUT2D eigenvalue weighted by atomic mass is 9.89. The van der Waals surface area contributed by atoms with Gasteiger partial charge in [-0.3, -0.25) is 0 Å². The maximum Gasteiger partial charge on any atom is 0.407 e. The van der Waals surface area contributed by atoms with Gasteiger partial charge in [0.2, 0.25) is 0 Å². The van der Waals surface area contributed by atoms with Crippen LogP contribution in [0.4, 0.5) is 13.2 Å². The average Bonchev–Trinajstić information content (AvgIpc) is 2.26. The fourth-order valence-electron chi connectivity index (χ4n) is 2.14. The number of aryl methyl sites for hydroxylation is 2. The molecule has 0 fully saturated rings. The van der Waals surface area contributed by atoms with E-state index in [1.807, 2.05) is 0 Å². The Labute approximate surface area is 92.5 Å². The highest BCUT2D eigenvalue weighted by molar-refractivity contribution is 5.35. The monoisotopic (exact) mass is 229 g/mol. The molecule has 0 spiro atoms. The summed E-state index contributed by atoms with van der Waals surface area (Å²) in [6, 6.07) is 3.05. The van der Waals surface area contributed by atoms with Crippen molar-refractivity contribution in [2.24, 2.45) is 5.73 Å². The SMILES string of the molecule is N[C@@H](c1ccc2c(c1)CCCC2)C(F)(F)F. The predicted molar refractivity (Wildman–Crippen MR) is 56.1 cm³/mol. The van der Waals surface area contributed by atoms with Crippen LogP contribution in [-0.4, -0.2) is 6.18 Å². The molecule has 0 saturated heterocycles. The van der Waals surface area contributed by atoms with Gasteiger partial charge in [-0.05, 0) is 42.4 Å². The van der Waals surface area contributed by atoms with Crippen molar-refractivity contribution in [3.05, 3.63) is 34.9 Å². The Kier molecular flexibility index (Phi) is 2.93. The molecule has 0 heterocycles. The molecule has 0 unspecified atom stereocenters. The first-order chi connectivity index (χ1) is 7.48. The molecule has 2 N–H and O–H groups in total. The van der Waals surface area contributed by atoms with E-state index in [1.54, 1.807) is 12.1 Å². The maximum absolute atomic E-state index is 12.4. The maximum atomic E-state index is 12.4. The summed E-state index contributed by atoms with van der Waals surface area (Å²) in [5.74, 6) is 0. The summed E-state index contributed by atoms with van der Waals surface area (Å²) < 4.78 is 37.3. The molecule has 1 aromatic rings. The van der Waals surface area contributed by atoms with E-state index in [4.69, 9.17) is 5.73 Å². The van der Waals surface area contributed by atoms with Gasteiger partial charge in [0.15, 0.2) is 0 Å².